The third kappa shape index (κ3) is 5.59. The quantitative estimate of drug-likeness (QED) is 0.622. The van der Waals surface area contributed by atoms with E-state index in [2.05, 4.69) is 12.1 Å². The van der Waals surface area contributed by atoms with Crippen molar-refractivity contribution in [3.05, 3.63) is 54.6 Å². The van der Waals surface area contributed by atoms with Crippen molar-refractivity contribution >= 4 is 34.6 Å². The van der Waals surface area contributed by atoms with Gasteiger partial charge in [0.25, 0.3) is 0 Å². The van der Waals surface area contributed by atoms with Crippen LogP contribution >= 0.6 is 0 Å². The summed E-state index contributed by atoms with van der Waals surface area (Å²) in [5.74, 6) is 0.506. The predicted molar refractivity (Wildman–Crippen MR) is 86.0 cm³/mol. The van der Waals surface area contributed by atoms with Crippen molar-refractivity contribution in [2.24, 2.45) is 5.14 Å². The van der Waals surface area contributed by atoms with E-state index in [1.165, 1.54) is 27.9 Å². The minimum absolute atomic E-state index is 0.0383. The molecule has 0 aromatic heterocycles. The number of aliphatic hydroxyl groups excluding tert-OH is 1. The van der Waals surface area contributed by atoms with Crippen LogP contribution in [0.3, 0.4) is 0 Å². The van der Waals surface area contributed by atoms with E-state index in [4.69, 9.17) is 9.88 Å². The van der Waals surface area contributed by atoms with Crippen LogP contribution < -0.4 is 13.5 Å². The van der Waals surface area contributed by atoms with E-state index in [9.17, 15) is 13.5 Å². The molecule has 0 bridgehead atoms. The fourth-order valence-electron chi connectivity index (χ4n) is 1.68. The monoisotopic (exact) mass is 437 g/mol. The van der Waals surface area contributed by atoms with Crippen LogP contribution in [-0.4, -0.2) is 47.2 Å². The van der Waals surface area contributed by atoms with Crippen molar-refractivity contribution in [1.29, 1.82) is 0 Å². The van der Waals surface area contributed by atoms with Gasteiger partial charge in [-0.3, -0.25) is 0 Å². The number of nitrogens with two attached hydrogens (primary N) is 1. The number of ether oxygens (including phenoxy) is 1. The van der Waals surface area contributed by atoms with Gasteiger partial charge < -0.3 is 0 Å². The first kappa shape index (κ1) is 17.3. The Morgan fingerprint density at radius 3 is 2.32 bits per heavy atom. The second kappa shape index (κ2) is 7.95. The molecule has 7 heteroatoms. The molecule has 1 atom stereocenters. The average molecular weight is 435 g/mol. The number of rotatable bonds is 7. The maximum atomic E-state index is 11.1. The molecule has 0 saturated heterocycles. The Bertz CT molecular complexity index is 689. The van der Waals surface area contributed by atoms with Gasteiger partial charge in [-0.2, -0.15) is 0 Å². The zero-order chi connectivity index (χ0) is 16.0. The Morgan fingerprint density at radius 1 is 1.09 bits per heavy atom. The number of hydrogen-bond acceptors (Lipinski definition) is 4. The SMILES string of the molecule is NS(=O)(=O)c1ccc(OCC(O)C[Te]c2ccccc2)cc1. The van der Waals surface area contributed by atoms with Crippen LogP contribution in [-0.2, 0) is 10.0 Å². The normalized spacial score (nSPS) is 12.8. The first-order valence-corrected chi connectivity index (χ1v) is 10.9. The van der Waals surface area contributed by atoms with Crippen LogP contribution in [0.1, 0.15) is 0 Å². The summed E-state index contributed by atoms with van der Waals surface area (Å²) in [6, 6.07) is 15.9. The van der Waals surface area contributed by atoms with Crippen LogP contribution in [0.25, 0.3) is 0 Å². The zero-order valence-electron chi connectivity index (χ0n) is 11.8. The van der Waals surface area contributed by atoms with E-state index in [1.54, 1.807) is 0 Å². The first-order chi connectivity index (χ1) is 10.4. The standard InChI is InChI=1S/C15H17NO4STe/c16-21(18,19)14-8-6-13(7-9-14)20-10-12(17)11-22-15-4-2-1-3-5-15/h1-9,12,17H,10-11H2,(H2,16,18,19). The van der Waals surface area contributed by atoms with E-state index in [1.807, 2.05) is 18.2 Å². The number of benzene rings is 2. The number of primary sulfonamides is 1. The number of hydrogen-bond donors (Lipinski definition) is 2. The Labute approximate surface area is 140 Å². The van der Waals surface area contributed by atoms with Crippen LogP contribution in [0.5, 0.6) is 5.75 Å². The molecule has 5 nitrogen and oxygen atoms in total. The van der Waals surface area contributed by atoms with Crippen molar-refractivity contribution in [3.8, 4) is 5.75 Å². The van der Waals surface area contributed by atoms with Crippen molar-refractivity contribution in [2.45, 2.75) is 15.5 Å². The summed E-state index contributed by atoms with van der Waals surface area (Å²) in [5, 5.41) is 15.0. The molecule has 2 aromatic rings. The van der Waals surface area contributed by atoms with Gasteiger partial charge in [-0.15, -0.1) is 0 Å². The zero-order valence-corrected chi connectivity index (χ0v) is 14.9. The van der Waals surface area contributed by atoms with Crippen LogP contribution in [0.2, 0.25) is 4.47 Å². The summed E-state index contributed by atoms with van der Waals surface area (Å²) in [5.41, 5.74) is 0. The molecule has 0 aliphatic rings. The molecule has 0 spiro atoms. The summed E-state index contributed by atoms with van der Waals surface area (Å²) in [7, 11) is -3.69. The molecule has 1 unspecified atom stereocenters. The van der Waals surface area contributed by atoms with Gasteiger partial charge in [0.15, 0.2) is 0 Å². The van der Waals surface area contributed by atoms with Gasteiger partial charge in [0.05, 0.1) is 0 Å². The molecule has 0 saturated carbocycles. The summed E-state index contributed by atoms with van der Waals surface area (Å²) in [6.45, 7) is 0.187. The molecule has 0 aliphatic carbocycles. The molecule has 0 aliphatic heterocycles. The molecule has 3 N–H and O–H groups in total. The number of sulfonamides is 1. The van der Waals surface area contributed by atoms with E-state index in [-0.39, 0.29) is 11.5 Å². The fraction of sp³-hybridized carbons (Fsp3) is 0.200. The van der Waals surface area contributed by atoms with E-state index in [0.29, 0.717) is 5.75 Å². The van der Waals surface area contributed by atoms with Crippen LogP contribution in [0.15, 0.2) is 59.5 Å². The summed E-state index contributed by atoms with van der Waals surface area (Å²) in [6.07, 6.45) is -0.527. The van der Waals surface area contributed by atoms with Gasteiger partial charge in [-0.1, -0.05) is 0 Å². The van der Waals surface area contributed by atoms with Gasteiger partial charge in [-0.25, -0.2) is 0 Å². The predicted octanol–water partition coefficient (Wildman–Crippen LogP) is 0.522. The van der Waals surface area contributed by atoms with Crippen LogP contribution in [0.4, 0.5) is 0 Å². The summed E-state index contributed by atoms with van der Waals surface area (Å²) < 4.78 is 29.7. The second-order valence-electron chi connectivity index (χ2n) is 4.61. The van der Waals surface area contributed by atoms with Gasteiger partial charge in [0, 0.05) is 0 Å². The third-order valence-electron chi connectivity index (χ3n) is 2.78. The van der Waals surface area contributed by atoms with Gasteiger partial charge in [-0.05, 0) is 0 Å². The van der Waals surface area contributed by atoms with Gasteiger partial charge in [0.1, 0.15) is 0 Å². The Kier molecular flexibility index (Phi) is 6.24. The Morgan fingerprint density at radius 2 is 1.73 bits per heavy atom. The van der Waals surface area contributed by atoms with E-state index >= 15 is 0 Å². The molecule has 22 heavy (non-hydrogen) atoms. The topological polar surface area (TPSA) is 89.6 Å². The van der Waals surface area contributed by atoms with Crippen molar-refractivity contribution in [1.82, 2.24) is 0 Å². The van der Waals surface area contributed by atoms with Crippen LogP contribution in [0, 0.1) is 0 Å². The summed E-state index contributed by atoms with van der Waals surface area (Å²) in [4.78, 5) is 0.0383. The first-order valence-electron chi connectivity index (χ1n) is 6.57. The number of aliphatic hydroxyl groups is 1. The molecule has 2 aromatic carbocycles. The van der Waals surface area contributed by atoms with Crippen molar-refractivity contribution in [3.63, 3.8) is 0 Å². The molecular weight excluding hydrogens is 418 g/mol. The fourth-order valence-corrected chi connectivity index (χ4v) is 4.56. The summed E-state index contributed by atoms with van der Waals surface area (Å²) >= 11 is -0.428. The molecule has 0 heterocycles. The van der Waals surface area contributed by atoms with Gasteiger partial charge in [0.2, 0.25) is 0 Å². The Balaban J connectivity index is 1.80. The van der Waals surface area contributed by atoms with Crippen molar-refractivity contribution in [2.75, 3.05) is 6.61 Å². The van der Waals surface area contributed by atoms with Gasteiger partial charge >= 0.3 is 140 Å². The van der Waals surface area contributed by atoms with E-state index < -0.39 is 37.1 Å². The average Bonchev–Trinajstić information content (AvgIpc) is 2.51. The third-order valence-corrected chi connectivity index (χ3v) is 7.01. The minimum atomic E-state index is -3.69. The molecule has 0 radical (unpaired) electrons. The van der Waals surface area contributed by atoms with Crippen molar-refractivity contribution < 1.29 is 18.3 Å². The molecular formula is C15H17NO4STe. The van der Waals surface area contributed by atoms with E-state index in [0.717, 1.165) is 4.47 Å². The second-order valence-corrected chi connectivity index (χ2v) is 9.29. The maximum absolute atomic E-state index is 11.1. The molecule has 0 fully saturated rings. The molecule has 118 valence electrons. The Hall–Kier alpha value is -1.10. The molecule has 0 amide bonds. The molecule has 2 rings (SSSR count).